The van der Waals surface area contributed by atoms with Crippen LogP contribution in [-0.2, 0) is 30.4 Å². The second-order valence-corrected chi connectivity index (χ2v) is 7.10. The summed E-state index contributed by atoms with van der Waals surface area (Å²) < 4.78 is 0. The van der Waals surface area contributed by atoms with Crippen LogP contribution in [0.2, 0.25) is 0 Å². The van der Waals surface area contributed by atoms with Gasteiger partial charge in [0, 0.05) is 12.8 Å². The predicted molar refractivity (Wildman–Crippen MR) is 111 cm³/mol. The zero-order chi connectivity index (χ0) is 24.3. The minimum Gasteiger partial charge on any atom is -0.481 e. The first-order valence-corrected chi connectivity index (χ1v) is 9.81. The van der Waals surface area contributed by atoms with Crippen molar-refractivity contribution in [2.45, 2.75) is 50.4 Å². The molecule has 3 amide bonds. The molecule has 0 aliphatic rings. The molecular formula is C20H28N4O8. The van der Waals surface area contributed by atoms with Crippen LogP contribution in [0.3, 0.4) is 0 Å². The summed E-state index contributed by atoms with van der Waals surface area (Å²) in [4.78, 5) is 58.9. The van der Waals surface area contributed by atoms with E-state index in [-0.39, 0.29) is 19.3 Å². The number of amides is 3. The van der Waals surface area contributed by atoms with Crippen molar-refractivity contribution in [1.29, 1.82) is 0 Å². The predicted octanol–water partition coefficient (Wildman–Crippen LogP) is -2.03. The number of nitrogens with two attached hydrogens (primary N) is 1. The Morgan fingerprint density at radius 3 is 2.03 bits per heavy atom. The maximum atomic E-state index is 12.6. The standard InChI is InChI=1S/C20H28N4O8/c1-11(22-18(29)13(21)7-8-16(26)27)17(28)23-14(9-12-5-3-2-4-6-12)19(30)24-15(10-25)20(31)32/h2-6,11,13-15,25H,7-10,21H2,1H3,(H,22,29)(H,23,28)(H,24,30)(H,26,27)(H,31,32)/t11-,13-,14-,15-/m0/s1. The number of rotatable bonds is 13. The summed E-state index contributed by atoms with van der Waals surface area (Å²) in [6.07, 6.45) is -0.411. The molecule has 0 spiro atoms. The van der Waals surface area contributed by atoms with E-state index in [1.807, 2.05) is 0 Å². The van der Waals surface area contributed by atoms with E-state index in [0.717, 1.165) is 0 Å². The van der Waals surface area contributed by atoms with E-state index in [1.165, 1.54) is 6.92 Å². The number of hydrogen-bond acceptors (Lipinski definition) is 7. The van der Waals surface area contributed by atoms with Crippen molar-refractivity contribution in [3.8, 4) is 0 Å². The van der Waals surface area contributed by atoms with Gasteiger partial charge < -0.3 is 37.0 Å². The third kappa shape index (κ3) is 9.10. The minimum absolute atomic E-state index is 0.0228. The maximum absolute atomic E-state index is 12.6. The van der Waals surface area contributed by atoms with Gasteiger partial charge >= 0.3 is 11.9 Å². The van der Waals surface area contributed by atoms with Crippen LogP contribution in [0, 0.1) is 0 Å². The molecule has 0 heterocycles. The third-order valence-electron chi connectivity index (χ3n) is 4.47. The molecule has 8 N–H and O–H groups in total. The van der Waals surface area contributed by atoms with Gasteiger partial charge in [-0.1, -0.05) is 30.3 Å². The van der Waals surface area contributed by atoms with Crippen molar-refractivity contribution in [1.82, 2.24) is 16.0 Å². The number of nitrogens with one attached hydrogen (secondary N) is 3. The second-order valence-electron chi connectivity index (χ2n) is 7.10. The molecule has 1 aromatic carbocycles. The molecule has 12 heteroatoms. The van der Waals surface area contributed by atoms with Crippen LogP contribution >= 0.6 is 0 Å². The summed E-state index contributed by atoms with van der Waals surface area (Å²) >= 11 is 0. The molecule has 0 fully saturated rings. The molecule has 0 radical (unpaired) electrons. The van der Waals surface area contributed by atoms with Gasteiger partial charge in [0.1, 0.15) is 18.1 Å². The van der Waals surface area contributed by atoms with Crippen LogP contribution in [0.5, 0.6) is 0 Å². The van der Waals surface area contributed by atoms with E-state index in [0.29, 0.717) is 5.56 Å². The Balaban J connectivity index is 2.84. The summed E-state index contributed by atoms with van der Waals surface area (Å²) in [6, 6.07) is 3.63. The van der Waals surface area contributed by atoms with Gasteiger partial charge in [-0.05, 0) is 18.9 Å². The molecule has 0 bridgehead atoms. The molecule has 0 saturated heterocycles. The number of carbonyl (C=O) groups is 5. The maximum Gasteiger partial charge on any atom is 0.328 e. The van der Waals surface area contributed by atoms with Crippen molar-refractivity contribution >= 4 is 29.7 Å². The quantitative estimate of drug-likeness (QED) is 0.176. The summed E-state index contributed by atoms with van der Waals surface area (Å²) in [5, 5.41) is 33.8. The highest BCUT2D eigenvalue weighted by Gasteiger charge is 2.28. The fraction of sp³-hybridized carbons (Fsp3) is 0.450. The molecule has 0 unspecified atom stereocenters. The average molecular weight is 452 g/mol. The number of aliphatic hydroxyl groups excluding tert-OH is 1. The van der Waals surface area contributed by atoms with Gasteiger partial charge in [-0.15, -0.1) is 0 Å². The lowest BCUT2D eigenvalue weighted by Gasteiger charge is -2.23. The van der Waals surface area contributed by atoms with Gasteiger partial charge in [-0.2, -0.15) is 0 Å². The molecule has 0 aliphatic carbocycles. The number of carbonyl (C=O) groups excluding carboxylic acids is 3. The Morgan fingerprint density at radius 2 is 1.50 bits per heavy atom. The molecule has 1 aromatic rings. The first kappa shape index (κ1) is 26.5. The van der Waals surface area contributed by atoms with Crippen molar-refractivity contribution in [2.75, 3.05) is 6.61 Å². The monoisotopic (exact) mass is 452 g/mol. The van der Waals surface area contributed by atoms with Crippen molar-refractivity contribution in [3.05, 3.63) is 35.9 Å². The van der Waals surface area contributed by atoms with E-state index in [1.54, 1.807) is 30.3 Å². The second kappa shape index (κ2) is 13.0. The first-order chi connectivity index (χ1) is 15.0. The molecular weight excluding hydrogens is 424 g/mol. The highest BCUT2D eigenvalue weighted by Crippen LogP contribution is 2.05. The van der Waals surface area contributed by atoms with Gasteiger partial charge in [-0.25, -0.2) is 4.79 Å². The largest absolute Gasteiger partial charge is 0.481 e. The van der Waals surface area contributed by atoms with E-state index < -0.39 is 60.4 Å². The highest BCUT2D eigenvalue weighted by atomic mass is 16.4. The van der Waals surface area contributed by atoms with Crippen LogP contribution in [0.4, 0.5) is 0 Å². The molecule has 1 rings (SSSR count). The fourth-order valence-electron chi connectivity index (χ4n) is 2.61. The number of benzene rings is 1. The lowest BCUT2D eigenvalue weighted by Crippen LogP contribution is -2.57. The molecule has 12 nitrogen and oxygen atoms in total. The highest BCUT2D eigenvalue weighted by molar-refractivity contribution is 5.94. The van der Waals surface area contributed by atoms with Crippen molar-refractivity contribution in [3.63, 3.8) is 0 Å². The summed E-state index contributed by atoms with van der Waals surface area (Å²) in [7, 11) is 0. The van der Waals surface area contributed by atoms with Crippen LogP contribution in [0.25, 0.3) is 0 Å². The minimum atomic E-state index is -1.55. The van der Waals surface area contributed by atoms with Crippen LogP contribution < -0.4 is 21.7 Å². The zero-order valence-corrected chi connectivity index (χ0v) is 17.5. The van der Waals surface area contributed by atoms with Gasteiger partial charge in [0.25, 0.3) is 0 Å². The van der Waals surface area contributed by atoms with E-state index >= 15 is 0 Å². The fourth-order valence-corrected chi connectivity index (χ4v) is 2.61. The molecule has 0 saturated carbocycles. The Hall–Kier alpha value is -3.51. The van der Waals surface area contributed by atoms with E-state index in [2.05, 4.69) is 16.0 Å². The average Bonchev–Trinajstić information content (AvgIpc) is 2.75. The zero-order valence-electron chi connectivity index (χ0n) is 17.5. The Morgan fingerprint density at radius 1 is 0.906 bits per heavy atom. The van der Waals surface area contributed by atoms with E-state index in [4.69, 9.17) is 21.1 Å². The molecule has 176 valence electrons. The Kier molecular flexibility index (Phi) is 10.8. The molecule has 32 heavy (non-hydrogen) atoms. The van der Waals surface area contributed by atoms with Gasteiger partial charge in [-0.3, -0.25) is 19.2 Å². The molecule has 4 atom stereocenters. The van der Waals surface area contributed by atoms with E-state index in [9.17, 15) is 24.0 Å². The SMILES string of the molecule is C[C@H](NC(=O)[C@@H](N)CCC(=O)O)C(=O)N[C@@H](Cc1ccccc1)C(=O)N[C@@H](CO)C(=O)O. The Labute approximate surface area is 184 Å². The summed E-state index contributed by atoms with van der Waals surface area (Å²) in [5.41, 5.74) is 6.29. The van der Waals surface area contributed by atoms with Crippen molar-refractivity contribution < 1.29 is 39.3 Å². The number of carboxylic acid groups (broad SMARTS) is 2. The summed E-state index contributed by atoms with van der Waals surface area (Å²) in [6.45, 7) is 0.510. The van der Waals surface area contributed by atoms with Gasteiger partial charge in [0.05, 0.1) is 12.6 Å². The summed E-state index contributed by atoms with van der Waals surface area (Å²) in [5.74, 6) is -4.86. The first-order valence-electron chi connectivity index (χ1n) is 9.81. The number of aliphatic hydroxyl groups is 1. The number of carboxylic acids is 2. The van der Waals surface area contributed by atoms with Crippen LogP contribution in [0.15, 0.2) is 30.3 Å². The van der Waals surface area contributed by atoms with Crippen LogP contribution in [-0.4, -0.2) is 75.8 Å². The lowest BCUT2D eigenvalue weighted by atomic mass is 10.0. The topological polar surface area (TPSA) is 208 Å². The van der Waals surface area contributed by atoms with Gasteiger partial charge in [0.15, 0.2) is 0 Å². The number of aliphatic carboxylic acids is 2. The Bertz CT molecular complexity index is 817. The number of hydrogen-bond donors (Lipinski definition) is 7. The smallest absolute Gasteiger partial charge is 0.328 e. The van der Waals surface area contributed by atoms with Crippen molar-refractivity contribution in [2.24, 2.45) is 5.73 Å². The molecule has 0 aromatic heterocycles. The lowest BCUT2D eigenvalue weighted by molar-refractivity contribution is -0.143. The molecule has 0 aliphatic heterocycles. The van der Waals surface area contributed by atoms with Crippen LogP contribution in [0.1, 0.15) is 25.3 Å². The normalized spacial score (nSPS) is 14.3. The third-order valence-corrected chi connectivity index (χ3v) is 4.47. The van der Waals surface area contributed by atoms with Gasteiger partial charge in [0.2, 0.25) is 17.7 Å².